The first kappa shape index (κ1) is 14.9. The van der Waals surface area contributed by atoms with Crippen molar-refractivity contribution in [1.29, 1.82) is 0 Å². The molecule has 1 atom stereocenters. The highest BCUT2D eigenvalue weighted by Gasteiger charge is 2.22. The first-order valence-corrected chi connectivity index (χ1v) is 6.66. The van der Waals surface area contributed by atoms with Gasteiger partial charge in [0.1, 0.15) is 0 Å². The van der Waals surface area contributed by atoms with Crippen molar-refractivity contribution in [2.24, 2.45) is 5.92 Å². The highest BCUT2D eigenvalue weighted by Crippen LogP contribution is 2.16. The van der Waals surface area contributed by atoms with Crippen LogP contribution >= 0.6 is 0 Å². The topological polar surface area (TPSA) is 44.7 Å². The summed E-state index contributed by atoms with van der Waals surface area (Å²) in [5, 5.41) is 12.5. The average molecular weight is 244 g/mol. The Bertz CT molecular complexity index is 202. The number of hydrogen-bond donors (Lipinski definition) is 2. The molecule has 0 aromatic heterocycles. The summed E-state index contributed by atoms with van der Waals surface area (Å²) in [5.41, 5.74) is -0.149. The average Bonchev–Trinajstić information content (AvgIpc) is 2.37. The van der Waals surface area contributed by atoms with Gasteiger partial charge >= 0.3 is 0 Å². The maximum absolute atomic E-state index is 9.32. The van der Waals surface area contributed by atoms with Gasteiger partial charge in [0.15, 0.2) is 0 Å². The highest BCUT2D eigenvalue weighted by atomic mass is 16.5. The summed E-state index contributed by atoms with van der Waals surface area (Å²) < 4.78 is 5.37. The summed E-state index contributed by atoms with van der Waals surface area (Å²) in [6, 6.07) is 0. The minimum Gasteiger partial charge on any atom is -0.394 e. The van der Waals surface area contributed by atoms with Crippen LogP contribution in [-0.4, -0.2) is 62.6 Å². The van der Waals surface area contributed by atoms with E-state index in [4.69, 9.17) is 4.74 Å². The van der Waals surface area contributed by atoms with E-state index < -0.39 is 0 Å². The van der Waals surface area contributed by atoms with Crippen molar-refractivity contribution in [3.8, 4) is 0 Å². The molecule has 0 aliphatic carbocycles. The van der Waals surface area contributed by atoms with Gasteiger partial charge in [0.2, 0.25) is 0 Å². The molecule has 0 aromatic carbocycles. The molecule has 0 spiro atoms. The first-order chi connectivity index (χ1) is 8.09. The summed E-state index contributed by atoms with van der Waals surface area (Å²) in [5.74, 6) is 0.781. The Kier molecular flexibility index (Phi) is 6.41. The molecular formula is C13H28N2O2. The third-order valence-corrected chi connectivity index (χ3v) is 3.91. The third-order valence-electron chi connectivity index (χ3n) is 3.91. The smallest absolute Gasteiger partial charge is 0.0610 e. The minimum absolute atomic E-state index is 0.149. The molecule has 1 unspecified atom stereocenters. The second-order valence-electron chi connectivity index (χ2n) is 5.54. The molecular weight excluding hydrogens is 216 g/mol. The van der Waals surface area contributed by atoms with E-state index in [9.17, 15) is 5.11 Å². The summed E-state index contributed by atoms with van der Waals surface area (Å²) in [4.78, 5) is 2.38. The van der Waals surface area contributed by atoms with Crippen LogP contribution in [0, 0.1) is 5.92 Å². The number of aliphatic hydroxyl groups excluding tert-OH is 1. The van der Waals surface area contributed by atoms with E-state index in [-0.39, 0.29) is 12.1 Å². The maximum Gasteiger partial charge on any atom is 0.0610 e. The van der Waals surface area contributed by atoms with Crippen molar-refractivity contribution >= 4 is 0 Å². The minimum atomic E-state index is -0.149. The lowest BCUT2D eigenvalue weighted by atomic mass is 9.97. The Morgan fingerprint density at radius 3 is 2.59 bits per heavy atom. The van der Waals surface area contributed by atoms with Crippen LogP contribution in [0.3, 0.4) is 0 Å². The van der Waals surface area contributed by atoms with E-state index in [0.717, 1.165) is 38.6 Å². The molecule has 0 bridgehead atoms. The van der Waals surface area contributed by atoms with Gasteiger partial charge in [0.05, 0.1) is 6.61 Å². The molecule has 1 rings (SSSR count). The van der Waals surface area contributed by atoms with Crippen LogP contribution in [0.5, 0.6) is 0 Å². The van der Waals surface area contributed by atoms with Crippen molar-refractivity contribution in [2.75, 3.05) is 47.0 Å². The standard InChI is InChI=1S/C13H28N2O2/c1-13(11-16,14-2)6-7-15(3)10-12-4-8-17-9-5-12/h12,14,16H,4-11H2,1-3H3. The van der Waals surface area contributed by atoms with Gasteiger partial charge in [-0.2, -0.15) is 0 Å². The first-order valence-electron chi connectivity index (χ1n) is 6.66. The van der Waals surface area contributed by atoms with E-state index in [1.165, 1.54) is 12.8 Å². The summed E-state index contributed by atoms with van der Waals surface area (Å²) >= 11 is 0. The second kappa shape index (κ2) is 7.31. The van der Waals surface area contributed by atoms with Gasteiger partial charge in [-0.3, -0.25) is 0 Å². The quantitative estimate of drug-likeness (QED) is 0.692. The molecule has 102 valence electrons. The van der Waals surface area contributed by atoms with E-state index in [0.29, 0.717) is 0 Å². The van der Waals surface area contributed by atoms with E-state index >= 15 is 0 Å². The molecule has 1 heterocycles. The Balaban J connectivity index is 2.21. The monoisotopic (exact) mass is 244 g/mol. The molecule has 17 heavy (non-hydrogen) atoms. The molecule has 4 nitrogen and oxygen atoms in total. The van der Waals surface area contributed by atoms with Crippen molar-refractivity contribution in [3.05, 3.63) is 0 Å². The van der Waals surface area contributed by atoms with E-state index in [1.807, 2.05) is 7.05 Å². The fraction of sp³-hybridized carbons (Fsp3) is 1.00. The zero-order valence-corrected chi connectivity index (χ0v) is 11.5. The predicted molar refractivity (Wildman–Crippen MR) is 70.2 cm³/mol. The van der Waals surface area contributed by atoms with Crippen LogP contribution < -0.4 is 5.32 Å². The normalized spacial score (nSPS) is 21.7. The van der Waals surface area contributed by atoms with Gasteiger partial charge in [-0.1, -0.05) is 0 Å². The molecule has 4 heteroatoms. The Hall–Kier alpha value is -0.160. The van der Waals surface area contributed by atoms with E-state index in [1.54, 1.807) is 0 Å². The van der Waals surface area contributed by atoms with Crippen molar-refractivity contribution in [2.45, 2.75) is 31.7 Å². The molecule has 0 amide bonds. The van der Waals surface area contributed by atoms with E-state index in [2.05, 4.69) is 24.2 Å². The lowest BCUT2D eigenvalue weighted by Crippen LogP contribution is -2.46. The molecule has 1 aliphatic rings. The van der Waals surface area contributed by atoms with Crippen molar-refractivity contribution in [1.82, 2.24) is 10.2 Å². The number of likely N-dealkylation sites (N-methyl/N-ethyl adjacent to an activating group) is 1. The van der Waals surface area contributed by atoms with Gasteiger partial charge < -0.3 is 20.1 Å². The van der Waals surface area contributed by atoms with Crippen LogP contribution in [-0.2, 0) is 4.74 Å². The van der Waals surface area contributed by atoms with Crippen LogP contribution in [0.2, 0.25) is 0 Å². The Morgan fingerprint density at radius 2 is 2.06 bits per heavy atom. The van der Waals surface area contributed by atoms with Crippen LogP contribution in [0.4, 0.5) is 0 Å². The van der Waals surface area contributed by atoms with Crippen LogP contribution in [0.15, 0.2) is 0 Å². The zero-order chi connectivity index (χ0) is 12.7. The SMILES string of the molecule is CNC(C)(CO)CCN(C)CC1CCOCC1. The van der Waals surface area contributed by atoms with Gasteiger partial charge in [0.25, 0.3) is 0 Å². The molecule has 1 saturated heterocycles. The van der Waals surface area contributed by atoms with Crippen LogP contribution in [0.1, 0.15) is 26.2 Å². The van der Waals surface area contributed by atoms with Gasteiger partial charge in [-0.05, 0) is 52.7 Å². The molecule has 0 saturated carbocycles. The van der Waals surface area contributed by atoms with Gasteiger partial charge in [-0.25, -0.2) is 0 Å². The molecule has 1 aliphatic heterocycles. The number of aliphatic hydroxyl groups is 1. The fourth-order valence-corrected chi connectivity index (χ4v) is 2.18. The maximum atomic E-state index is 9.32. The summed E-state index contributed by atoms with van der Waals surface area (Å²) in [7, 11) is 4.08. The molecule has 1 fully saturated rings. The lowest BCUT2D eigenvalue weighted by Gasteiger charge is -2.31. The van der Waals surface area contributed by atoms with Gasteiger partial charge in [-0.15, -0.1) is 0 Å². The summed E-state index contributed by atoms with van der Waals surface area (Å²) in [6.07, 6.45) is 3.35. The Labute approximate surface area is 105 Å². The third kappa shape index (κ3) is 5.34. The van der Waals surface area contributed by atoms with Crippen molar-refractivity contribution < 1.29 is 9.84 Å². The second-order valence-corrected chi connectivity index (χ2v) is 5.54. The lowest BCUT2D eigenvalue weighted by molar-refractivity contribution is 0.0540. The molecule has 2 N–H and O–H groups in total. The molecule has 0 radical (unpaired) electrons. The van der Waals surface area contributed by atoms with Gasteiger partial charge in [0, 0.05) is 25.3 Å². The number of ether oxygens (including phenoxy) is 1. The van der Waals surface area contributed by atoms with Crippen LogP contribution in [0.25, 0.3) is 0 Å². The number of nitrogens with zero attached hydrogens (tertiary/aromatic N) is 1. The molecule has 0 aromatic rings. The summed E-state index contributed by atoms with van der Waals surface area (Å²) in [6.45, 7) is 6.26. The fourth-order valence-electron chi connectivity index (χ4n) is 2.18. The predicted octanol–water partition coefficient (Wildman–Crippen LogP) is 0.705. The Morgan fingerprint density at radius 1 is 1.41 bits per heavy atom. The largest absolute Gasteiger partial charge is 0.394 e. The number of nitrogens with one attached hydrogen (secondary N) is 1. The highest BCUT2D eigenvalue weighted by molar-refractivity contribution is 4.81. The number of rotatable bonds is 7. The number of hydrogen-bond acceptors (Lipinski definition) is 4. The van der Waals surface area contributed by atoms with Crippen molar-refractivity contribution in [3.63, 3.8) is 0 Å². The zero-order valence-electron chi connectivity index (χ0n) is 11.5.